The Morgan fingerprint density at radius 1 is 0.394 bits per heavy atom. The van der Waals surface area contributed by atoms with E-state index in [9.17, 15) is 19.8 Å². The second kappa shape index (κ2) is 60.6. The van der Waals surface area contributed by atoms with Gasteiger partial charge >= 0.3 is 5.97 Å². The summed E-state index contributed by atoms with van der Waals surface area (Å²) in [6, 6.07) is -0.555. The third kappa shape index (κ3) is 57.2. The maximum absolute atomic E-state index is 12.5. The minimum absolute atomic E-state index is 0.0229. The van der Waals surface area contributed by atoms with Crippen molar-refractivity contribution in [3.63, 3.8) is 0 Å². The van der Waals surface area contributed by atoms with Gasteiger partial charge in [0.1, 0.15) is 0 Å². The number of rotatable bonds is 59. The van der Waals surface area contributed by atoms with Gasteiger partial charge in [-0.05, 0) is 89.9 Å². The third-order valence-electron chi connectivity index (χ3n) is 14.7. The Labute approximate surface area is 443 Å². The van der Waals surface area contributed by atoms with Crippen LogP contribution >= 0.6 is 0 Å². The first-order valence-electron chi connectivity index (χ1n) is 31.7. The van der Waals surface area contributed by atoms with E-state index in [4.69, 9.17) is 4.74 Å². The van der Waals surface area contributed by atoms with Gasteiger partial charge in [0, 0.05) is 12.8 Å². The van der Waals surface area contributed by atoms with Crippen LogP contribution < -0.4 is 5.32 Å². The van der Waals surface area contributed by atoms with Gasteiger partial charge in [-0.2, -0.15) is 0 Å². The molecule has 2 unspecified atom stereocenters. The molecular formula is C65H123NO5. The number of hydrogen-bond acceptors (Lipinski definition) is 5. The summed E-state index contributed by atoms with van der Waals surface area (Å²) in [4.78, 5) is 24.6. The normalized spacial score (nSPS) is 12.8. The van der Waals surface area contributed by atoms with Crippen molar-refractivity contribution in [2.24, 2.45) is 0 Å². The number of aliphatic hydroxyl groups is 2. The molecule has 0 heterocycles. The van der Waals surface area contributed by atoms with Gasteiger partial charge in [0.25, 0.3) is 0 Å². The first kappa shape index (κ1) is 69.1. The van der Waals surface area contributed by atoms with Crippen molar-refractivity contribution < 1.29 is 24.5 Å². The number of nitrogens with one attached hydrogen (secondary N) is 1. The summed E-state index contributed by atoms with van der Waals surface area (Å²) in [5, 5.41) is 23.4. The van der Waals surface area contributed by atoms with E-state index in [0.717, 1.165) is 83.5 Å². The SMILES string of the molecule is CCCCCCCC/C=C\CCCCCCCC(=O)OCCCCC/C=C\C/C=C\CCCCCCCCCC(=O)NC(CO)C(O)CCCCCCCCCCCCCCCCCCCCCCCC. The molecular weight excluding hydrogens is 875 g/mol. The van der Waals surface area contributed by atoms with Crippen LogP contribution in [0.25, 0.3) is 0 Å². The molecule has 0 aliphatic rings. The number of aliphatic hydroxyl groups excluding tert-OH is 2. The van der Waals surface area contributed by atoms with Gasteiger partial charge in [-0.3, -0.25) is 9.59 Å². The van der Waals surface area contributed by atoms with E-state index in [-0.39, 0.29) is 18.5 Å². The number of allylic oxidation sites excluding steroid dienone is 6. The van der Waals surface area contributed by atoms with Gasteiger partial charge in [-0.1, -0.05) is 275 Å². The zero-order valence-electron chi connectivity index (χ0n) is 47.7. The van der Waals surface area contributed by atoms with Crippen LogP contribution in [0.2, 0.25) is 0 Å². The van der Waals surface area contributed by atoms with Gasteiger partial charge in [0.2, 0.25) is 5.91 Å². The van der Waals surface area contributed by atoms with Crippen LogP contribution in [-0.4, -0.2) is 47.4 Å². The highest BCUT2D eigenvalue weighted by molar-refractivity contribution is 5.76. The third-order valence-corrected chi connectivity index (χ3v) is 14.7. The average molecular weight is 999 g/mol. The lowest BCUT2D eigenvalue weighted by Gasteiger charge is -2.22. The summed E-state index contributed by atoms with van der Waals surface area (Å²) < 4.78 is 5.45. The van der Waals surface area contributed by atoms with E-state index in [1.807, 2.05) is 0 Å². The maximum atomic E-state index is 12.5. The monoisotopic (exact) mass is 998 g/mol. The molecule has 0 radical (unpaired) electrons. The molecule has 1 amide bonds. The van der Waals surface area contributed by atoms with Crippen LogP contribution in [0.15, 0.2) is 36.5 Å². The molecule has 3 N–H and O–H groups in total. The van der Waals surface area contributed by atoms with Crippen molar-refractivity contribution >= 4 is 11.9 Å². The Hall–Kier alpha value is -1.92. The molecule has 0 spiro atoms. The summed E-state index contributed by atoms with van der Waals surface area (Å²) in [6.45, 7) is 4.92. The quantitative estimate of drug-likeness (QED) is 0.0321. The number of hydrogen-bond donors (Lipinski definition) is 3. The number of carbonyl (C=O) groups is 2. The van der Waals surface area contributed by atoms with E-state index in [1.165, 1.54) is 225 Å². The predicted molar refractivity (Wildman–Crippen MR) is 310 cm³/mol. The zero-order chi connectivity index (χ0) is 51.4. The van der Waals surface area contributed by atoms with Gasteiger partial charge in [-0.15, -0.1) is 0 Å². The summed E-state index contributed by atoms with van der Waals surface area (Å²) in [5.41, 5.74) is 0. The van der Waals surface area contributed by atoms with Crippen molar-refractivity contribution in [3.05, 3.63) is 36.5 Å². The molecule has 0 saturated carbocycles. The molecule has 418 valence electrons. The van der Waals surface area contributed by atoms with E-state index < -0.39 is 12.1 Å². The molecule has 0 aliphatic heterocycles. The van der Waals surface area contributed by atoms with Crippen LogP contribution in [0.4, 0.5) is 0 Å². The maximum Gasteiger partial charge on any atom is 0.305 e. The Balaban J connectivity index is 3.49. The van der Waals surface area contributed by atoms with Gasteiger partial charge in [0.15, 0.2) is 0 Å². The first-order chi connectivity index (χ1) is 35.0. The summed E-state index contributed by atoms with van der Waals surface area (Å²) in [7, 11) is 0. The molecule has 0 bridgehead atoms. The Morgan fingerprint density at radius 3 is 1.08 bits per heavy atom. The number of ether oxygens (including phenoxy) is 1. The fourth-order valence-electron chi connectivity index (χ4n) is 9.78. The van der Waals surface area contributed by atoms with Crippen molar-refractivity contribution in [3.8, 4) is 0 Å². The fourth-order valence-corrected chi connectivity index (χ4v) is 9.78. The Morgan fingerprint density at radius 2 is 0.704 bits per heavy atom. The highest BCUT2D eigenvalue weighted by Gasteiger charge is 2.20. The van der Waals surface area contributed by atoms with Crippen molar-refractivity contribution in [2.45, 2.75) is 353 Å². The highest BCUT2D eigenvalue weighted by Crippen LogP contribution is 2.18. The highest BCUT2D eigenvalue weighted by atomic mass is 16.5. The lowest BCUT2D eigenvalue weighted by molar-refractivity contribution is -0.143. The Kier molecular flexibility index (Phi) is 59.0. The fraction of sp³-hybridized carbons (Fsp3) is 0.877. The molecule has 0 saturated heterocycles. The van der Waals surface area contributed by atoms with Crippen LogP contribution in [0.5, 0.6) is 0 Å². The van der Waals surface area contributed by atoms with Gasteiger partial charge in [0.05, 0.1) is 25.4 Å². The van der Waals surface area contributed by atoms with E-state index in [1.54, 1.807) is 0 Å². The van der Waals surface area contributed by atoms with E-state index in [2.05, 4.69) is 55.6 Å². The minimum Gasteiger partial charge on any atom is -0.466 e. The van der Waals surface area contributed by atoms with Gasteiger partial charge in [-0.25, -0.2) is 0 Å². The largest absolute Gasteiger partial charge is 0.466 e. The average Bonchev–Trinajstić information content (AvgIpc) is 3.37. The zero-order valence-corrected chi connectivity index (χ0v) is 47.7. The van der Waals surface area contributed by atoms with Crippen LogP contribution in [0.1, 0.15) is 341 Å². The molecule has 6 heteroatoms. The molecule has 2 atom stereocenters. The number of amides is 1. The summed E-state index contributed by atoms with van der Waals surface area (Å²) >= 11 is 0. The number of esters is 1. The first-order valence-corrected chi connectivity index (χ1v) is 31.7. The molecule has 0 fully saturated rings. The molecule has 0 aliphatic carbocycles. The predicted octanol–water partition coefficient (Wildman–Crippen LogP) is 20.0. The van der Waals surface area contributed by atoms with Crippen LogP contribution in [-0.2, 0) is 14.3 Å². The van der Waals surface area contributed by atoms with Crippen molar-refractivity contribution in [1.29, 1.82) is 0 Å². The lowest BCUT2D eigenvalue weighted by Crippen LogP contribution is -2.45. The van der Waals surface area contributed by atoms with Gasteiger partial charge < -0.3 is 20.3 Å². The Bertz CT molecular complexity index is 1150. The standard InChI is InChI=1S/C65H123NO5/c1-3-5-7-9-11-13-15-17-19-20-21-22-23-24-26-30-33-37-41-45-49-53-57-63(68)62(61-67)66-64(69)58-54-50-46-42-38-34-31-27-25-28-32-36-40-44-48-52-56-60-71-65(70)59-55-51-47-43-39-35-29-18-16-14-12-10-8-6-4-2/h18,25,28-29,36,40,62-63,67-68H,3-17,19-24,26-27,30-35,37-39,41-61H2,1-2H3,(H,66,69)/b28-25-,29-18-,40-36-. The van der Waals surface area contributed by atoms with Crippen molar-refractivity contribution in [1.82, 2.24) is 5.32 Å². The number of unbranched alkanes of at least 4 members (excludes halogenated alkanes) is 42. The lowest BCUT2D eigenvalue weighted by atomic mass is 10.0. The number of carbonyl (C=O) groups excluding carboxylic acids is 2. The van der Waals surface area contributed by atoms with E-state index >= 15 is 0 Å². The molecule has 0 aromatic heterocycles. The summed E-state index contributed by atoms with van der Waals surface area (Å²) in [6.07, 6.45) is 75.8. The minimum atomic E-state index is -0.677. The van der Waals surface area contributed by atoms with Crippen molar-refractivity contribution in [2.75, 3.05) is 13.2 Å². The van der Waals surface area contributed by atoms with E-state index in [0.29, 0.717) is 25.9 Å². The topological polar surface area (TPSA) is 95.9 Å². The smallest absolute Gasteiger partial charge is 0.305 e. The van der Waals surface area contributed by atoms with Crippen LogP contribution in [0, 0.1) is 0 Å². The molecule has 0 aromatic carbocycles. The second-order valence-electron chi connectivity index (χ2n) is 21.7. The molecule has 0 rings (SSSR count). The molecule has 71 heavy (non-hydrogen) atoms. The summed E-state index contributed by atoms with van der Waals surface area (Å²) in [5.74, 6) is -0.0713. The molecule has 6 nitrogen and oxygen atoms in total. The second-order valence-corrected chi connectivity index (χ2v) is 21.7. The molecule has 0 aromatic rings. The van der Waals surface area contributed by atoms with Crippen LogP contribution in [0.3, 0.4) is 0 Å².